The lowest BCUT2D eigenvalue weighted by atomic mass is 10.1. The summed E-state index contributed by atoms with van der Waals surface area (Å²) in [5.74, 6) is 2.42. The van der Waals surface area contributed by atoms with Crippen molar-refractivity contribution in [1.29, 1.82) is 0 Å². The zero-order valence-corrected chi connectivity index (χ0v) is 18.3. The van der Waals surface area contributed by atoms with Gasteiger partial charge in [-0.3, -0.25) is 4.21 Å². The third kappa shape index (κ3) is 5.00. The van der Waals surface area contributed by atoms with Crippen LogP contribution in [0, 0.1) is 13.8 Å². The van der Waals surface area contributed by atoms with Crippen LogP contribution in [-0.2, 0) is 22.3 Å². The molecule has 0 N–H and O–H groups in total. The summed E-state index contributed by atoms with van der Waals surface area (Å²) in [4.78, 5) is 4.68. The average molecular weight is 416 g/mol. The number of aromatic nitrogens is 1. The SMILES string of the molecule is CCOc1ccc(-c2nc(C[S@@](=O)Cc3cc(C)ccc3C)cs2)cc1OC. The van der Waals surface area contributed by atoms with Crippen LogP contribution in [0.25, 0.3) is 10.6 Å². The first-order valence-electron chi connectivity index (χ1n) is 9.17. The van der Waals surface area contributed by atoms with E-state index in [2.05, 4.69) is 37.0 Å². The molecular weight excluding hydrogens is 390 g/mol. The smallest absolute Gasteiger partial charge is 0.161 e. The van der Waals surface area contributed by atoms with Crippen LogP contribution in [0.4, 0.5) is 0 Å². The van der Waals surface area contributed by atoms with Gasteiger partial charge in [-0.05, 0) is 50.1 Å². The van der Waals surface area contributed by atoms with Gasteiger partial charge < -0.3 is 9.47 Å². The summed E-state index contributed by atoms with van der Waals surface area (Å²) in [6.07, 6.45) is 0. The highest BCUT2D eigenvalue weighted by Crippen LogP contribution is 2.34. The molecule has 1 heterocycles. The van der Waals surface area contributed by atoms with Gasteiger partial charge in [0.15, 0.2) is 11.5 Å². The van der Waals surface area contributed by atoms with Crippen molar-refractivity contribution in [2.75, 3.05) is 13.7 Å². The van der Waals surface area contributed by atoms with Gasteiger partial charge in [-0.15, -0.1) is 11.3 Å². The van der Waals surface area contributed by atoms with Crippen LogP contribution < -0.4 is 9.47 Å². The molecule has 0 saturated heterocycles. The van der Waals surface area contributed by atoms with Crippen molar-refractivity contribution in [2.24, 2.45) is 0 Å². The first-order chi connectivity index (χ1) is 13.5. The number of thiazole rings is 1. The van der Waals surface area contributed by atoms with Gasteiger partial charge in [-0.2, -0.15) is 0 Å². The van der Waals surface area contributed by atoms with E-state index < -0.39 is 10.8 Å². The quantitative estimate of drug-likeness (QED) is 0.502. The molecule has 0 aliphatic heterocycles. The molecule has 0 bridgehead atoms. The molecule has 0 saturated carbocycles. The predicted octanol–water partition coefficient (Wildman–Crippen LogP) is 5.28. The lowest BCUT2D eigenvalue weighted by Crippen LogP contribution is -2.02. The number of aryl methyl sites for hydroxylation is 2. The molecule has 0 amide bonds. The number of methoxy groups -OCH3 is 1. The first-order valence-corrected chi connectivity index (χ1v) is 11.5. The highest BCUT2D eigenvalue weighted by Gasteiger charge is 2.12. The summed E-state index contributed by atoms with van der Waals surface area (Å²) >= 11 is 1.55. The summed E-state index contributed by atoms with van der Waals surface area (Å²) < 4.78 is 23.6. The molecule has 0 aliphatic rings. The summed E-state index contributed by atoms with van der Waals surface area (Å²) in [5, 5.41) is 2.87. The second kappa shape index (κ2) is 9.34. The molecule has 6 heteroatoms. The van der Waals surface area contributed by atoms with Crippen molar-refractivity contribution in [3.8, 4) is 22.1 Å². The van der Waals surface area contributed by atoms with E-state index in [0.717, 1.165) is 27.6 Å². The second-order valence-electron chi connectivity index (χ2n) is 6.60. The monoisotopic (exact) mass is 415 g/mol. The molecule has 3 rings (SSSR count). The maximum atomic E-state index is 12.6. The van der Waals surface area contributed by atoms with E-state index in [1.54, 1.807) is 18.4 Å². The van der Waals surface area contributed by atoms with E-state index in [4.69, 9.17) is 9.47 Å². The Morgan fingerprint density at radius 2 is 1.89 bits per heavy atom. The van der Waals surface area contributed by atoms with Crippen LogP contribution in [0.5, 0.6) is 11.5 Å². The summed E-state index contributed by atoms with van der Waals surface area (Å²) in [6, 6.07) is 12.1. The number of nitrogens with zero attached hydrogens (tertiary/aromatic N) is 1. The molecule has 28 heavy (non-hydrogen) atoms. The second-order valence-corrected chi connectivity index (χ2v) is 8.92. The highest BCUT2D eigenvalue weighted by atomic mass is 32.2. The fourth-order valence-electron chi connectivity index (χ4n) is 2.93. The third-order valence-electron chi connectivity index (χ3n) is 4.39. The molecule has 148 valence electrons. The molecule has 0 spiro atoms. The van der Waals surface area contributed by atoms with Crippen LogP contribution in [0.3, 0.4) is 0 Å². The van der Waals surface area contributed by atoms with E-state index in [1.165, 1.54) is 11.1 Å². The lowest BCUT2D eigenvalue weighted by Gasteiger charge is -2.10. The Morgan fingerprint density at radius 3 is 2.64 bits per heavy atom. The largest absolute Gasteiger partial charge is 0.493 e. The minimum absolute atomic E-state index is 0.456. The first kappa shape index (κ1) is 20.6. The van der Waals surface area contributed by atoms with Gasteiger partial charge in [-0.1, -0.05) is 23.8 Å². The maximum absolute atomic E-state index is 12.6. The molecule has 0 radical (unpaired) electrons. The topological polar surface area (TPSA) is 48.4 Å². The van der Waals surface area contributed by atoms with Crippen molar-refractivity contribution < 1.29 is 13.7 Å². The Morgan fingerprint density at radius 1 is 1.07 bits per heavy atom. The van der Waals surface area contributed by atoms with Crippen LogP contribution in [0.1, 0.15) is 29.3 Å². The lowest BCUT2D eigenvalue weighted by molar-refractivity contribution is 0.311. The van der Waals surface area contributed by atoms with E-state index in [1.807, 2.05) is 30.5 Å². The molecular formula is C22H25NO3S2. The Hall–Kier alpha value is -2.18. The van der Waals surface area contributed by atoms with Gasteiger partial charge in [0.2, 0.25) is 0 Å². The van der Waals surface area contributed by atoms with Crippen molar-refractivity contribution in [3.63, 3.8) is 0 Å². The molecule has 0 aliphatic carbocycles. The van der Waals surface area contributed by atoms with E-state index in [0.29, 0.717) is 23.9 Å². The predicted molar refractivity (Wildman–Crippen MR) is 117 cm³/mol. The van der Waals surface area contributed by atoms with Gasteiger partial charge in [0.05, 0.1) is 25.2 Å². The summed E-state index contributed by atoms with van der Waals surface area (Å²) in [7, 11) is 0.634. The molecule has 4 nitrogen and oxygen atoms in total. The van der Waals surface area contributed by atoms with Crippen LogP contribution >= 0.6 is 11.3 Å². The number of rotatable bonds is 8. The fraction of sp³-hybridized carbons (Fsp3) is 0.318. The van der Waals surface area contributed by atoms with Gasteiger partial charge in [0, 0.05) is 27.5 Å². The Bertz CT molecular complexity index is 982. The van der Waals surface area contributed by atoms with Gasteiger partial charge >= 0.3 is 0 Å². The molecule has 3 aromatic rings. The summed E-state index contributed by atoms with van der Waals surface area (Å²) in [6.45, 7) is 6.65. The van der Waals surface area contributed by atoms with E-state index >= 15 is 0 Å². The van der Waals surface area contributed by atoms with Crippen molar-refractivity contribution >= 4 is 22.1 Å². The molecule has 0 unspecified atom stereocenters. The maximum Gasteiger partial charge on any atom is 0.161 e. The fourth-order valence-corrected chi connectivity index (χ4v) is 5.09. The Labute approximate surface area is 173 Å². The number of benzene rings is 2. The van der Waals surface area contributed by atoms with Gasteiger partial charge in [-0.25, -0.2) is 4.98 Å². The Kier molecular flexibility index (Phi) is 6.86. The average Bonchev–Trinajstić information content (AvgIpc) is 3.13. The minimum Gasteiger partial charge on any atom is -0.493 e. The summed E-state index contributed by atoms with van der Waals surface area (Å²) in [5.41, 5.74) is 5.34. The minimum atomic E-state index is -0.996. The number of hydrogen-bond donors (Lipinski definition) is 0. The number of hydrogen-bond acceptors (Lipinski definition) is 5. The van der Waals surface area contributed by atoms with E-state index in [-0.39, 0.29) is 0 Å². The molecule has 1 atom stereocenters. The van der Waals surface area contributed by atoms with Gasteiger partial charge in [0.25, 0.3) is 0 Å². The van der Waals surface area contributed by atoms with Crippen molar-refractivity contribution in [1.82, 2.24) is 4.98 Å². The Balaban J connectivity index is 1.72. The van der Waals surface area contributed by atoms with Crippen LogP contribution in [0.15, 0.2) is 41.8 Å². The molecule has 1 aromatic heterocycles. The highest BCUT2D eigenvalue weighted by molar-refractivity contribution is 7.83. The normalized spacial score (nSPS) is 12.0. The standard InChI is InChI=1S/C22H25NO3S2/c1-5-26-20-9-8-17(11-21(20)25-4)22-23-19(12-27-22)14-28(24)13-18-10-15(2)6-7-16(18)3/h6-12H,5,13-14H2,1-4H3/t28-/m0/s1. The third-order valence-corrected chi connectivity index (χ3v) is 6.58. The van der Waals surface area contributed by atoms with Gasteiger partial charge in [0.1, 0.15) is 5.01 Å². The van der Waals surface area contributed by atoms with Crippen LogP contribution in [-0.4, -0.2) is 22.9 Å². The van der Waals surface area contributed by atoms with E-state index in [9.17, 15) is 4.21 Å². The zero-order valence-electron chi connectivity index (χ0n) is 16.7. The van der Waals surface area contributed by atoms with Crippen molar-refractivity contribution in [2.45, 2.75) is 32.3 Å². The zero-order chi connectivity index (χ0) is 20.1. The van der Waals surface area contributed by atoms with Crippen LogP contribution in [0.2, 0.25) is 0 Å². The number of ether oxygens (including phenoxy) is 2. The van der Waals surface area contributed by atoms with Crippen molar-refractivity contribution in [3.05, 3.63) is 64.2 Å². The molecule has 0 fully saturated rings. The molecule has 2 aromatic carbocycles.